The van der Waals surface area contributed by atoms with Crippen LogP contribution in [0.3, 0.4) is 0 Å². The number of hydrogen-bond donors (Lipinski definition) is 2. The number of methoxy groups -OCH3 is 3. The van der Waals surface area contributed by atoms with Gasteiger partial charge in [-0.2, -0.15) is 0 Å². The first-order valence-electron chi connectivity index (χ1n) is 9.74. The minimum atomic E-state index is -0.556. The van der Waals surface area contributed by atoms with Crippen molar-refractivity contribution in [1.29, 1.82) is 0 Å². The number of nitrogens with one attached hydrogen (secondary N) is 2. The number of carbonyl (C=O) groups is 2. The van der Waals surface area contributed by atoms with E-state index < -0.39 is 12.2 Å². The summed E-state index contributed by atoms with van der Waals surface area (Å²) in [6, 6.07) is 18.6. The second kappa shape index (κ2) is 8.81. The summed E-state index contributed by atoms with van der Waals surface area (Å²) in [4.78, 5) is 28.2. The van der Waals surface area contributed by atoms with Gasteiger partial charge in [-0.3, -0.25) is 10.6 Å². The third-order valence-electron chi connectivity index (χ3n) is 5.02. The maximum absolute atomic E-state index is 11.7. The highest BCUT2D eigenvalue weighted by Crippen LogP contribution is 2.35. The molecular weight excluding hydrogens is 410 g/mol. The van der Waals surface area contributed by atoms with E-state index in [-0.39, 0.29) is 0 Å². The zero-order valence-corrected chi connectivity index (χ0v) is 17.8. The van der Waals surface area contributed by atoms with Crippen molar-refractivity contribution in [2.24, 2.45) is 0 Å². The summed E-state index contributed by atoms with van der Waals surface area (Å²) in [6.45, 7) is 0. The largest absolute Gasteiger partial charge is 0.497 e. The molecule has 2 amide bonds. The topological polar surface area (TPSA) is 98.8 Å². The van der Waals surface area contributed by atoms with Crippen LogP contribution in [-0.4, -0.2) is 38.5 Å². The van der Waals surface area contributed by atoms with E-state index in [1.165, 1.54) is 14.2 Å². The van der Waals surface area contributed by atoms with E-state index in [4.69, 9.17) is 14.5 Å². The normalized spacial score (nSPS) is 10.6. The molecule has 0 aliphatic rings. The predicted octanol–water partition coefficient (Wildman–Crippen LogP) is 5.42. The van der Waals surface area contributed by atoms with Gasteiger partial charge in [-0.1, -0.05) is 12.1 Å². The van der Waals surface area contributed by atoms with Crippen LogP contribution in [0.25, 0.3) is 32.9 Å². The van der Waals surface area contributed by atoms with Gasteiger partial charge in [0.05, 0.1) is 32.5 Å². The lowest BCUT2D eigenvalue weighted by molar-refractivity contribution is 0.186. The van der Waals surface area contributed by atoms with Crippen molar-refractivity contribution in [3.8, 4) is 17.0 Å². The fourth-order valence-corrected chi connectivity index (χ4v) is 3.47. The van der Waals surface area contributed by atoms with Gasteiger partial charge < -0.3 is 14.2 Å². The number of rotatable bonds is 4. The van der Waals surface area contributed by atoms with Crippen molar-refractivity contribution < 1.29 is 23.8 Å². The Morgan fingerprint density at radius 1 is 0.719 bits per heavy atom. The molecule has 0 fully saturated rings. The van der Waals surface area contributed by atoms with Crippen LogP contribution in [0, 0.1) is 0 Å². The van der Waals surface area contributed by atoms with Crippen LogP contribution in [0.2, 0.25) is 0 Å². The Hall–Kier alpha value is -4.33. The SMILES string of the molecule is COC(=O)Nc1ccc2c(c1)nc(-c1ccc(OC)cc1)c1cc(NC(=O)OC)ccc12. The molecule has 0 aliphatic heterocycles. The lowest BCUT2D eigenvalue weighted by Crippen LogP contribution is -2.11. The fraction of sp³-hybridized carbons (Fsp3) is 0.125. The van der Waals surface area contributed by atoms with Crippen LogP contribution in [-0.2, 0) is 9.47 Å². The molecule has 8 nitrogen and oxygen atoms in total. The number of anilines is 2. The van der Waals surface area contributed by atoms with Crippen LogP contribution in [0.1, 0.15) is 0 Å². The molecule has 0 unspecified atom stereocenters. The first kappa shape index (κ1) is 20.9. The molecule has 3 aromatic carbocycles. The molecule has 2 N–H and O–H groups in total. The molecule has 0 radical (unpaired) electrons. The van der Waals surface area contributed by atoms with Crippen molar-refractivity contribution in [2.75, 3.05) is 32.0 Å². The Morgan fingerprint density at radius 3 is 1.91 bits per heavy atom. The summed E-state index contributed by atoms with van der Waals surface area (Å²) < 4.78 is 14.7. The van der Waals surface area contributed by atoms with Crippen molar-refractivity contribution in [2.45, 2.75) is 0 Å². The zero-order valence-electron chi connectivity index (χ0n) is 17.8. The number of amides is 2. The molecule has 4 aromatic rings. The Morgan fingerprint density at radius 2 is 1.31 bits per heavy atom. The molecule has 32 heavy (non-hydrogen) atoms. The third-order valence-corrected chi connectivity index (χ3v) is 5.02. The van der Waals surface area contributed by atoms with Crippen LogP contribution < -0.4 is 15.4 Å². The van der Waals surface area contributed by atoms with Gasteiger partial charge in [0.2, 0.25) is 0 Å². The van der Waals surface area contributed by atoms with Crippen molar-refractivity contribution in [3.05, 3.63) is 60.7 Å². The Labute approximate surface area is 184 Å². The molecule has 8 heteroatoms. The summed E-state index contributed by atoms with van der Waals surface area (Å²) >= 11 is 0. The smallest absolute Gasteiger partial charge is 0.411 e. The molecule has 0 saturated heterocycles. The van der Waals surface area contributed by atoms with Gasteiger partial charge in [0.15, 0.2) is 0 Å². The second-order valence-corrected chi connectivity index (χ2v) is 6.91. The number of carbonyl (C=O) groups excluding carboxylic acids is 2. The molecule has 4 rings (SSSR count). The van der Waals surface area contributed by atoms with E-state index in [1.54, 1.807) is 25.3 Å². The van der Waals surface area contributed by atoms with E-state index in [2.05, 4.69) is 15.4 Å². The van der Waals surface area contributed by atoms with E-state index >= 15 is 0 Å². The fourth-order valence-electron chi connectivity index (χ4n) is 3.47. The Bertz CT molecular complexity index is 1320. The highest BCUT2D eigenvalue weighted by molar-refractivity contribution is 6.12. The summed E-state index contributed by atoms with van der Waals surface area (Å²) in [7, 11) is 4.23. The zero-order chi connectivity index (χ0) is 22.7. The number of hydrogen-bond acceptors (Lipinski definition) is 6. The van der Waals surface area contributed by atoms with Gasteiger partial charge in [-0.15, -0.1) is 0 Å². The van der Waals surface area contributed by atoms with Gasteiger partial charge in [-0.25, -0.2) is 14.6 Å². The van der Waals surface area contributed by atoms with Gasteiger partial charge in [0.1, 0.15) is 5.75 Å². The minimum absolute atomic E-state index is 0.553. The van der Waals surface area contributed by atoms with E-state index in [0.29, 0.717) is 16.9 Å². The minimum Gasteiger partial charge on any atom is -0.497 e. The van der Waals surface area contributed by atoms with E-state index in [1.807, 2.05) is 42.5 Å². The Kier molecular flexibility index (Phi) is 5.76. The summed E-state index contributed by atoms with van der Waals surface area (Å²) in [6.07, 6.45) is -1.11. The molecule has 1 heterocycles. The quantitative estimate of drug-likeness (QED) is 0.419. The van der Waals surface area contributed by atoms with Crippen LogP contribution in [0.4, 0.5) is 21.0 Å². The average Bonchev–Trinajstić information content (AvgIpc) is 2.83. The molecule has 0 atom stereocenters. The highest BCUT2D eigenvalue weighted by atomic mass is 16.5. The molecule has 162 valence electrons. The summed E-state index contributed by atoms with van der Waals surface area (Å²) in [5.41, 5.74) is 3.45. The van der Waals surface area contributed by atoms with Gasteiger partial charge in [0, 0.05) is 27.7 Å². The number of fused-ring (bicyclic) bond motifs is 3. The lowest BCUT2D eigenvalue weighted by Gasteiger charge is -2.13. The van der Waals surface area contributed by atoms with Gasteiger partial charge in [0.25, 0.3) is 0 Å². The lowest BCUT2D eigenvalue weighted by atomic mass is 9.99. The molecule has 0 spiro atoms. The standard InChI is InChI=1S/C24H21N3O5/c1-30-17-8-4-14(5-9-17)22-20-12-15(25-23(28)31-2)6-10-18(20)19-11-7-16(13-21(19)27-22)26-24(29)32-3/h4-13H,1-3H3,(H,25,28)(H,26,29). The third kappa shape index (κ3) is 4.11. The van der Waals surface area contributed by atoms with Crippen molar-refractivity contribution in [1.82, 2.24) is 4.98 Å². The first-order chi connectivity index (χ1) is 15.5. The van der Waals surface area contributed by atoms with Crippen molar-refractivity contribution >= 4 is 45.2 Å². The second-order valence-electron chi connectivity index (χ2n) is 6.91. The maximum atomic E-state index is 11.7. The number of ether oxygens (including phenoxy) is 3. The number of aromatic nitrogens is 1. The van der Waals surface area contributed by atoms with Gasteiger partial charge in [-0.05, 0) is 53.9 Å². The summed E-state index contributed by atoms with van der Waals surface area (Å²) in [5, 5.41) is 8.06. The first-order valence-corrected chi connectivity index (χ1v) is 9.74. The monoisotopic (exact) mass is 431 g/mol. The van der Waals surface area contributed by atoms with Crippen molar-refractivity contribution in [3.63, 3.8) is 0 Å². The van der Waals surface area contributed by atoms with Crippen LogP contribution in [0.5, 0.6) is 5.75 Å². The molecule has 0 aliphatic carbocycles. The molecule has 0 bridgehead atoms. The Balaban J connectivity index is 1.93. The van der Waals surface area contributed by atoms with E-state index in [9.17, 15) is 9.59 Å². The summed E-state index contributed by atoms with van der Waals surface area (Å²) in [5.74, 6) is 0.733. The van der Waals surface area contributed by atoms with Crippen LogP contribution >= 0.6 is 0 Å². The average molecular weight is 431 g/mol. The highest BCUT2D eigenvalue weighted by Gasteiger charge is 2.13. The van der Waals surface area contributed by atoms with Crippen LogP contribution in [0.15, 0.2) is 60.7 Å². The number of pyridine rings is 1. The molecular formula is C24H21N3O5. The van der Waals surface area contributed by atoms with Gasteiger partial charge >= 0.3 is 12.2 Å². The number of benzene rings is 3. The molecule has 1 aromatic heterocycles. The molecule has 0 saturated carbocycles. The predicted molar refractivity (Wildman–Crippen MR) is 123 cm³/mol. The van der Waals surface area contributed by atoms with E-state index in [0.717, 1.165) is 33.2 Å². The number of nitrogens with zero attached hydrogens (tertiary/aromatic N) is 1. The maximum Gasteiger partial charge on any atom is 0.411 e.